The van der Waals surface area contributed by atoms with Gasteiger partial charge in [-0.25, -0.2) is 0 Å². The molecule has 50 valence electrons. The normalized spacial score (nSPS) is 21.1. The summed E-state index contributed by atoms with van der Waals surface area (Å²) in [4.78, 5) is 0. The van der Waals surface area contributed by atoms with Crippen LogP contribution in [-0.4, -0.2) is 0 Å². The molecule has 10 heavy (non-hydrogen) atoms. The largest absolute Gasteiger partial charge is 0.113 e. The molecule has 0 aliphatic heterocycles. The Morgan fingerprint density at radius 1 is 1.20 bits per heavy atom. The first-order valence-electron chi connectivity index (χ1n) is 3.29. The molecule has 1 aromatic rings. The summed E-state index contributed by atoms with van der Waals surface area (Å²) in [5, 5.41) is 0.0937. The number of fused-ring (bicyclic) bond motifs is 1. The van der Waals surface area contributed by atoms with Gasteiger partial charge in [0, 0.05) is 0 Å². The summed E-state index contributed by atoms with van der Waals surface area (Å²) in [6.07, 6.45) is 4.07. The summed E-state index contributed by atoms with van der Waals surface area (Å²) in [5.41, 5.74) is 2.48. The Balaban J connectivity index is 2.59. The number of alkyl halides is 1. The quantitative estimate of drug-likeness (QED) is 0.499. The van der Waals surface area contributed by atoms with Crippen molar-refractivity contribution in [1.29, 1.82) is 0 Å². The third-order valence-corrected chi connectivity index (χ3v) is 2.12. The Labute approximate surface area is 65.1 Å². The van der Waals surface area contributed by atoms with E-state index in [0.29, 0.717) is 0 Å². The van der Waals surface area contributed by atoms with Gasteiger partial charge in [0.1, 0.15) is 0 Å². The van der Waals surface area contributed by atoms with Gasteiger partial charge in [-0.05, 0) is 11.1 Å². The van der Waals surface area contributed by atoms with E-state index in [-0.39, 0.29) is 5.38 Å². The van der Waals surface area contributed by atoms with Gasteiger partial charge in [-0.15, -0.1) is 11.6 Å². The Hall–Kier alpha value is -0.750. The van der Waals surface area contributed by atoms with Crippen molar-refractivity contribution in [3.8, 4) is 0 Å². The Morgan fingerprint density at radius 3 is 2.80 bits per heavy atom. The molecule has 0 amide bonds. The molecular formula is C9H7Cl. The zero-order valence-corrected chi connectivity index (χ0v) is 6.18. The summed E-state index contributed by atoms with van der Waals surface area (Å²) in [7, 11) is 0. The molecule has 0 bridgehead atoms. The summed E-state index contributed by atoms with van der Waals surface area (Å²) < 4.78 is 0. The van der Waals surface area contributed by atoms with Crippen molar-refractivity contribution >= 4 is 17.7 Å². The van der Waals surface area contributed by atoms with Gasteiger partial charge in [-0.3, -0.25) is 0 Å². The molecule has 2 rings (SSSR count). The predicted molar refractivity (Wildman–Crippen MR) is 44.1 cm³/mol. The van der Waals surface area contributed by atoms with Crippen molar-refractivity contribution in [1.82, 2.24) is 0 Å². The van der Waals surface area contributed by atoms with E-state index in [1.807, 2.05) is 18.2 Å². The second-order valence-electron chi connectivity index (χ2n) is 2.39. The minimum atomic E-state index is 0.0937. The summed E-state index contributed by atoms with van der Waals surface area (Å²) in [5.74, 6) is 0. The SMILES string of the molecule is ClC1C=Cc2ccccc21. The first-order valence-corrected chi connectivity index (χ1v) is 3.73. The maximum absolute atomic E-state index is 5.96. The second-order valence-corrected chi connectivity index (χ2v) is 2.86. The van der Waals surface area contributed by atoms with E-state index in [1.165, 1.54) is 11.1 Å². The molecule has 0 spiro atoms. The van der Waals surface area contributed by atoms with E-state index in [2.05, 4.69) is 18.2 Å². The Morgan fingerprint density at radius 2 is 2.00 bits per heavy atom. The van der Waals surface area contributed by atoms with Crippen LogP contribution in [0.2, 0.25) is 0 Å². The molecule has 0 radical (unpaired) electrons. The fourth-order valence-corrected chi connectivity index (χ4v) is 1.48. The average molecular weight is 151 g/mol. The van der Waals surface area contributed by atoms with Crippen LogP contribution in [0.5, 0.6) is 0 Å². The first kappa shape index (κ1) is 5.99. The van der Waals surface area contributed by atoms with Gasteiger partial charge < -0.3 is 0 Å². The number of hydrogen-bond acceptors (Lipinski definition) is 0. The molecule has 0 N–H and O–H groups in total. The van der Waals surface area contributed by atoms with Crippen LogP contribution >= 0.6 is 11.6 Å². The van der Waals surface area contributed by atoms with Crippen LogP contribution in [0.25, 0.3) is 6.08 Å². The molecule has 0 saturated heterocycles. The van der Waals surface area contributed by atoms with Crippen LogP contribution < -0.4 is 0 Å². The zero-order valence-electron chi connectivity index (χ0n) is 5.42. The van der Waals surface area contributed by atoms with Crippen molar-refractivity contribution in [2.45, 2.75) is 5.38 Å². The van der Waals surface area contributed by atoms with Crippen LogP contribution in [0.3, 0.4) is 0 Å². The molecule has 0 aromatic heterocycles. The van der Waals surface area contributed by atoms with E-state index in [0.717, 1.165) is 0 Å². The fraction of sp³-hybridized carbons (Fsp3) is 0.111. The molecular weight excluding hydrogens is 144 g/mol. The third kappa shape index (κ3) is 0.764. The van der Waals surface area contributed by atoms with Crippen molar-refractivity contribution in [2.75, 3.05) is 0 Å². The highest BCUT2D eigenvalue weighted by Crippen LogP contribution is 2.32. The van der Waals surface area contributed by atoms with Gasteiger partial charge in [0.25, 0.3) is 0 Å². The molecule has 1 aliphatic rings. The molecule has 0 heterocycles. The van der Waals surface area contributed by atoms with Gasteiger partial charge >= 0.3 is 0 Å². The zero-order chi connectivity index (χ0) is 6.97. The molecule has 1 aliphatic carbocycles. The van der Waals surface area contributed by atoms with E-state index in [9.17, 15) is 0 Å². The van der Waals surface area contributed by atoms with Crippen LogP contribution in [0.15, 0.2) is 30.3 Å². The molecule has 1 atom stereocenters. The smallest absolute Gasteiger partial charge is 0.0775 e. The minimum absolute atomic E-state index is 0.0937. The van der Waals surface area contributed by atoms with E-state index >= 15 is 0 Å². The summed E-state index contributed by atoms with van der Waals surface area (Å²) in [6.45, 7) is 0. The van der Waals surface area contributed by atoms with Crippen molar-refractivity contribution in [3.05, 3.63) is 41.5 Å². The lowest BCUT2D eigenvalue weighted by Crippen LogP contribution is -1.81. The molecule has 1 aromatic carbocycles. The monoisotopic (exact) mass is 150 g/mol. The van der Waals surface area contributed by atoms with Crippen LogP contribution in [0.4, 0.5) is 0 Å². The minimum Gasteiger partial charge on any atom is -0.113 e. The predicted octanol–water partition coefficient (Wildman–Crippen LogP) is 2.99. The van der Waals surface area contributed by atoms with E-state index in [1.54, 1.807) is 0 Å². The van der Waals surface area contributed by atoms with E-state index < -0.39 is 0 Å². The number of benzene rings is 1. The van der Waals surface area contributed by atoms with E-state index in [4.69, 9.17) is 11.6 Å². The van der Waals surface area contributed by atoms with Gasteiger partial charge in [0.15, 0.2) is 0 Å². The number of rotatable bonds is 0. The summed E-state index contributed by atoms with van der Waals surface area (Å²) >= 11 is 5.96. The molecule has 1 heteroatoms. The average Bonchev–Trinajstić information content (AvgIpc) is 2.34. The second kappa shape index (κ2) is 2.14. The van der Waals surface area contributed by atoms with Gasteiger partial charge in [-0.1, -0.05) is 36.4 Å². The van der Waals surface area contributed by atoms with Crippen LogP contribution in [0.1, 0.15) is 16.5 Å². The lowest BCUT2D eigenvalue weighted by atomic mass is 10.1. The summed E-state index contributed by atoms with van der Waals surface area (Å²) in [6, 6.07) is 8.18. The van der Waals surface area contributed by atoms with Crippen LogP contribution in [-0.2, 0) is 0 Å². The Bertz CT molecular complexity index is 276. The highest BCUT2D eigenvalue weighted by Gasteiger charge is 2.12. The molecule has 0 saturated carbocycles. The maximum atomic E-state index is 5.96. The van der Waals surface area contributed by atoms with Crippen molar-refractivity contribution < 1.29 is 0 Å². The lowest BCUT2D eigenvalue weighted by Gasteiger charge is -1.99. The van der Waals surface area contributed by atoms with Gasteiger partial charge in [0.2, 0.25) is 0 Å². The van der Waals surface area contributed by atoms with Crippen molar-refractivity contribution in [2.24, 2.45) is 0 Å². The van der Waals surface area contributed by atoms with Gasteiger partial charge in [0.05, 0.1) is 5.38 Å². The van der Waals surface area contributed by atoms with Crippen LogP contribution in [0, 0.1) is 0 Å². The standard InChI is InChI=1S/C9H7Cl/c10-9-6-5-7-3-1-2-4-8(7)9/h1-6,9H. The Kier molecular flexibility index (Phi) is 1.28. The first-order chi connectivity index (χ1) is 4.88. The molecule has 1 unspecified atom stereocenters. The molecule has 0 nitrogen and oxygen atoms in total. The van der Waals surface area contributed by atoms with Gasteiger partial charge in [-0.2, -0.15) is 0 Å². The highest BCUT2D eigenvalue weighted by atomic mass is 35.5. The topological polar surface area (TPSA) is 0 Å². The lowest BCUT2D eigenvalue weighted by molar-refractivity contribution is 1.25. The number of allylic oxidation sites excluding steroid dienone is 1. The van der Waals surface area contributed by atoms with Crippen molar-refractivity contribution in [3.63, 3.8) is 0 Å². The molecule has 0 fully saturated rings. The fourth-order valence-electron chi connectivity index (χ4n) is 1.21. The highest BCUT2D eigenvalue weighted by molar-refractivity contribution is 6.23. The maximum Gasteiger partial charge on any atom is 0.0775 e. The number of halogens is 1. The number of hydrogen-bond donors (Lipinski definition) is 0. The third-order valence-electron chi connectivity index (χ3n) is 1.74.